The van der Waals surface area contributed by atoms with Crippen molar-refractivity contribution in [3.63, 3.8) is 0 Å². The van der Waals surface area contributed by atoms with Crippen LogP contribution in [0.3, 0.4) is 0 Å². The van der Waals surface area contributed by atoms with Crippen LogP contribution in [0.25, 0.3) is 0 Å². The number of halogens is 3. The normalized spacial score (nSPS) is 23.1. The van der Waals surface area contributed by atoms with Crippen molar-refractivity contribution in [1.82, 2.24) is 15.1 Å². The van der Waals surface area contributed by atoms with E-state index in [1.165, 1.54) is 12.1 Å². The first-order chi connectivity index (χ1) is 14.2. The summed E-state index contributed by atoms with van der Waals surface area (Å²) in [7, 11) is 0. The minimum absolute atomic E-state index is 0.0110. The predicted molar refractivity (Wildman–Crippen MR) is 112 cm³/mol. The number of likely N-dealkylation sites (tertiary alicyclic amines) is 2. The molecule has 1 aromatic rings. The summed E-state index contributed by atoms with van der Waals surface area (Å²) in [5, 5.41) is 16.7. The largest absolute Gasteiger partial charge is 0.416 e. The molecule has 1 amide bonds. The van der Waals surface area contributed by atoms with Crippen molar-refractivity contribution in [2.24, 2.45) is 0 Å². The molecule has 0 spiro atoms. The maximum Gasteiger partial charge on any atom is 0.416 e. The molecule has 2 aliphatic heterocycles. The molecule has 6 nitrogen and oxygen atoms in total. The molecule has 2 unspecified atom stereocenters. The van der Waals surface area contributed by atoms with Gasteiger partial charge >= 0.3 is 6.18 Å². The Morgan fingerprint density at radius 3 is 2.57 bits per heavy atom. The average molecular weight is 445 g/mol. The Bertz CT molecular complexity index is 756. The number of aliphatic hydroxyl groups excluding tert-OH is 1. The molecular formula is C20H27F3N4O2S. The van der Waals surface area contributed by atoms with Crippen molar-refractivity contribution in [1.29, 1.82) is 0 Å². The molecular weight excluding hydrogens is 417 g/mol. The SMILES string of the molecule is O=C(CN1CCCCC(NC(=S)Nc2cccc(C(F)(F)F)c2)C1O)N1CCCC1. The molecule has 0 bridgehead atoms. The lowest BCUT2D eigenvalue weighted by atomic mass is 10.1. The predicted octanol–water partition coefficient (Wildman–Crippen LogP) is 2.79. The minimum Gasteiger partial charge on any atom is -0.376 e. The highest BCUT2D eigenvalue weighted by atomic mass is 32.1. The number of thiocarbonyl (C=S) groups is 1. The number of nitrogens with zero attached hydrogens (tertiary/aromatic N) is 2. The summed E-state index contributed by atoms with van der Waals surface area (Å²) in [6.45, 7) is 2.27. The van der Waals surface area contributed by atoms with Crippen LogP contribution in [0.2, 0.25) is 0 Å². The zero-order valence-corrected chi connectivity index (χ0v) is 17.4. The van der Waals surface area contributed by atoms with Crippen molar-refractivity contribution in [3.8, 4) is 0 Å². The molecule has 2 aliphatic rings. The third-order valence-electron chi connectivity index (χ3n) is 5.51. The molecule has 3 N–H and O–H groups in total. The van der Waals surface area contributed by atoms with E-state index in [9.17, 15) is 23.1 Å². The second kappa shape index (κ2) is 9.93. The Balaban J connectivity index is 1.59. The van der Waals surface area contributed by atoms with E-state index >= 15 is 0 Å². The van der Waals surface area contributed by atoms with Gasteiger partial charge in [-0.25, -0.2) is 0 Å². The Morgan fingerprint density at radius 1 is 1.17 bits per heavy atom. The molecule has 10 heteroatoms. The van der Waals surface area contributed by atoms with Crippen LogP contribution in [-0.2, 0) is 11.0 Å². The summed E-state index contributed by atoms with van der Waals surface area (Å²) in [6, 6.07) is 4.35. The summed E-state index contributed by atoms with van der Waals surface area (Å²) in [6.07, 6.45) is -1.01. The summed E-state index contributed by atoms with van der Waals surface area (Å²) >= 11 is 5.26. The van der Waals surface area contributed by atoms with Gasteiger partial charge in [-0.2, -0.15) is 13.2 Å². The van der Waals surface area contributed by atoms with Crippen LogP contribution in [0, 0.1) is 0 Å². The fourth-order valence-corrected chi connectivity index (χ4v) is 4.15. The van der Waals surface area contributed by atoms with Crippen molar-refractivity contribution in [2.45, 2.75) is 50.6 Å². The van der Waals surface area contributed by atoms with Crippen molar-refractivity contribution < 1.29 is 23.1 Å². The van der Waals surface area contributed by atoms with Crippen molar-refractivity contribution >= 4 is 28.9 Å². The molecule has 0 aliphatic carbocycles. The average Bonchev–Trinajstić information content (AvgIpc) is 3.18. The number of carbonyl (C=O) groups is 1. The highest BCUT2D eigenvalue weighted by Gasteiger charge is 2.32. The molecule has 2 fully saturated rings. The topological polar surface area (TPSA) is 67.8 Å². The number of carbonyl (C=O) groups excluding carboxylic acids is 1. The van der Waals surface area contributed by atoms with E-state index in [-0.39, 0.29) is 23.3 Å². The zero-order valence-electron chi connectivity index (χ0n) is 16.6. The number of alkyl halides is 3. The monoisotopic (exact) mass is 444 g/mol. The summed E-state index contributed by atoms with van der Waals surface area (Å²) in [5.74, 6) is 0.0110. The van der Waals surface area contributed by atoms with E-state index in [1.807, 2.05) is 4.90 Å². The lowest BCUT2D eigenvalue weighted by molar-refractivity contribution is -0.137. The van der Waals surface area contributed by atoms with Crippen LogP contribution >= 0.6 is 12.2 Å². The molecule has 0 radical (unpaired) electrons. The molecule has 1 aromatic carbocycles. The van der Waals surface area contributed by atoms with Gasteiger partial charge in [0.05, 0.1) is 18.2 Å². The molecule has 0 saturated carbocycles. The van der Waals surface area contributed by atoms with Crippen LogP contribution < -0.4 is 10.6 Å². The molecule has 2 heterocycles. The van der Waals surface area contributed by atoms with Gasteiger partial charge in [-0.05, 0) is 62.5 Å². The van der Waals surface area contributed by atoms with Crippen LogP contribution in [-0.4, -0.2) is 64.4 Å². The third kappa shape index (κ3) is 6.05. The second-order valence-corrected chi connectivity index (χ2v) is 8.16. The smallest absolute Gasteiger partial charge is 0.376 e. The van der Waals surface area contributed by atoms with Gasteiger partial charge in [0.1, 0.15) is 6.23 Å². The van der Waals surface area contributed by atoms with Gasteiger partial charge in [-0.15, -0.1) is 0 Å². The summed E-state index contributed by atoms with van der Waals surface area (Å²) in [5.41, 5.74) is -0.553. The fourth-order valence-electron chi connectivity index (χ4n) is 3.88. The number of nitrogens with one attached hydrogen (secondary N) is 2. The quantitative estimate of drug-likeness (QED) is 0.621. The van der Waals surface area contributed by atoms with Crippen LogP contribution in [0.15, 0.2) is 24.3 Å². The number of rotatable bonds is 4. The highest BCUT2D eigenvalue weighted by molar-refractivity contribution is 7.80. The maximum atomic E-state index is 12.9. The lowest BCUT2D eigenvalue weighted by Gasteiger charge is -2.32. The number of amides is 1. The van der Waals surface area contributed by atoms with Gasteiger partial charge < -0.3 is 20.6 Å². The maximum absolute atomic E-state index is 12.9. The van der Waals surface area contributed by atoms with Gasteiger partial charge in [-0.1, -0.05) is 6.07 Å². The van der Waals surface area contributed by atoms with E-state index in [4.69, 9.17) is 12.2 Å². The fraction of sp³-hybridized carbons (Fsp3) is 0.600. The first-order valence-corrected chi connectivity index (χ1v) is 10.6. The van der Waals surface area contributed by atoms with E-state index in [0.717, 1.165) is 50.9 Å². The Kier molecular flexibility index (Phi) is 7.54. The van der Waals surface area contributed by atoms with E-state index in [1.54, 1.807) is 4.90 Å². The van der Waals surface area contributed by atoms with Crippen LogP contribution in [0.1, 0.15) is 37.7 Å². The molecule has 2 saturated heterocycles. The lowest BCUT2D eigenvalue weighted by Crippen LogP contribution is -2.53. The highest BCUT2D eigenvalue weighted by Crippen LogP contribution is 2.30. The Hall–Kier alpha value is -1.91. The van der Waals surface area contributed by atoms with Gasteiger partial charge in [0, 0.05) is 25.3 Å². The summed E-state index contributed by atoms with van der Waals surface area (Å²) < 4.78 is 38.7. The number of anilines is 1. The Morgan fingerprint density at radius 2 is 1.87 bits per heavy atom. The molecule has 166 valence electrons. The van der Waals surface area contributed by atoms with E-state index in [2.05, 4.69) is 10.6 Å². The van der Waals surface area contributed by atoms with Gasteiger partial charge in [-0.3, -0.25) is 9.69 Å². The van der Waals surface area contributed by atoms with Crippen LogP contribution in [0.4, 0.5) is 18.9 Å². The number of aliphatic hydroxyl groups is 1. The van der Waals surface area contributed by atoms with Crippen LogP contribution in [0.5, 0.6) is 0 Å². The summed E-state index contributed by atoms with van der Waals surface area (Å²) in [4.78, 5) is 16.0. The number of hydrogen-bond acceptors (Lipinski definition) is 4. The number of benzene rings is 1. The molecule has 2 atom stereocenters. The standard InChI is InChI=1S/C20H27F3N4O2S/c21-20(22,23)14-6-5-7-15(12-14)24-19(30)25-16-8-1-2-11-27(18(16)29)13-17(28)26-9-3-4-10-26/h5-7,12,16,18,29H,1-4,8-11,13H2,(H2,24,25,30). The molecule has 30 heavy (non-hydrogen) atoms. The van der Waals surface area contributed by atoms with Gasteiger partial charge in [0.2, 0.25) is 5.91 Å². The van der Waals surface area contributed by atoms with E-state index in [0.29, 0.717) is 13.0 Å². The first-order valence-electron chi connectivity index (χ1n) is 10.2. The number of hydrogen-bond donors (Lipinski definition) is 3. The molecule has 3 rings (SSSR count). The second-order valence-electron chi connectivity index (χ2n) is 7.75. The first kappa shape index (κ1) is 22.8. The van der Waals surface area contributed by atoms with Crippen molar-refractivity contribution in [3.05, 3.63) is 29.8 Å². The third-order valence-corrected chi connectivity index (χ3v) is 5.73. The molecule has 0 aromatic heterocycles. The van der Waals surface area contributed by atoms with E-state index < -0.39 is 24.0 Å². The van der Waals surface area contributed by atoms with Crippen molar-refractivity contribution in [2.75, 3.05) is 31.5 Å². The van der Waals surface area contributed by atoms with Gasteiger partial charge in [0.25, 0.3) is 0 Å². The minimum atomic E-state index is -4.44. The van der Waals surface area contributed by atoms with Gasteiger partial charge in [0.15, 0.2) is 5.11 Å². The Labute approximate surface area is 179 Å². The zero-order chi connectivity index (χ0) is 21.7.